The van der Waals surface area contributed by atoms with Crippen LogP contribution in [0.1, 0.15) is 12.6 Å². The van der Waals surface area contributed by atoms with Gasteiger partial charge in [-0.15, -0.1) is 0 Å². The van der Waals surface area contributed by atoms with Gasteiger partial charge in [0.05, 0.1) is 27.3 Å². The van der Waals surface area contributed by atoms with E-state index in [2.05, 4.69) is 29.2 Å². The summed E-state index contributed by atoms with van der Waals surface area (Å²) in [7, 11) is 0. The van der Waals surface area contributed by atoms with Gasteiger partial charge >= 0.3 is 0 Å². The molecule has 0 spiro atoms. The lowest BCUT2D eigenvalue weighted by Crippen LogP contribution is -1.92. The van der Waals surface area contributed by atoms with Gasteiger partial charge in [0, 0.05) is 5.39 Å². The van der Waals surface area contributed by atoms with Crippen molar-refractivity contribution in [2.75, 3.05) is 0 Å². The van der Waals surface area contributed by atoms with E-state index in [9.17, 15) is 4.39 Å². The predicted octanol–water partition coefficient (Wildman–Crippen LogP) is 6.80. The van der Waals surface area contributed by atoms with Crippen molar-refractivity contribution in [3.05, 3.63) is 83.3 Å². The van der Waals surface area contributed by atoms with Crippen LogP contribution in [0.25, 0.3) is 44.5 Å². The van der Waals surface area contributed by atoms with Crippen molar-refractivity contribution >= 4 is 33.5 Å². The number of aromatic amines is 1. The summed E-state index contributed by atoms with van der Waals surface area (Å²) in [5.41, 5.74) is 5.87. The van der Waals surface area contributed by atoms with E-state index in [0.717, 1.165) is 45.2 Å². The Morgan fingerprint density at radius 1 is 0.931 bits per heavy atom. The van der Waals surface area contributed by atoms with Gasteiger partial charge in [-0.1, -0.05) is 61.0 Å². The molecule has 0 aliphatic heterocycles. The first-order valence-corrected chi connectivity index (χ1v) is 9.85. The van der Waals surface area contributed by atoms with Crippen molar-refractivity contribution in [1.82, 2.24) is 15.0 Å². The second-order valence-corrected chi connectivity index (χ2v) is 7.32. The summed E-state index contributed by atoms with van der Waals surface area (Å²) in [6.45, 7) is 2.05. The summed E-state index contributed by atoms with van der Waals surface area (Å²) >= 11 is 6.26. The van der Waals surface area contributed by atoms with Crippen LogP contribution in [-0.2, 0) is 6.42 Å². The summed E-state index contributed by atoms with van der Waals surface area (Å²) in [6, 6.07) is 21.0. The fraction of sp³-hybridized carbons (Fsp3) is 0.0833. The SMILES string of the molecule is CCc1nc2cc(-c3ccccc3)ccc2c2nc(-c3c(F)cccc3Cl)[nH]c12. The highest BCUT2D eigenvalue weighted by atomic mass is 35.5. The van der Waals surface area contributed by atoms with Crippen LogP contribution in [0.15, 0.2) is 66.7 Å². The van der Waals surface area contributed by atoms with Crippen LogP contribution in [-0.4, -0.2) is 15.0 Å². The molecule has 0 fully saturated rings. The number of aryl methyl sites for hydroxylation is 1. The number of H-pyrrole nitrogens is 1. The Labute approximate surface area is 172 Å². The van der Waals surface area contributed by atoms with E-state index in [1.807, 2.05) is 31.2 Å². The Morgan fingerprint density at radius 3 is 2.52 bits per heavy atom. The topological polar surface area (TPSA) is 41.6 Å². The van der Waals surface area contributed by atoms with Crippen LogP contribution in [0, 0.1) is 5.82 Å². The van der Waals surface area contributed by atoms with Gasteiger partial charge in [-0.3, -0.25) is 4.98 Å². The number of benzene rings is 3. The minimum atomic E-state index is -0.404. The van der Waals surface area contributed by atoms with E-state index in [-0.39, 0.29) is 5.56 Å². The molecule has 2 aromatic heterocycles. The Hall–Kier alpha value is -3.24. The molecule has 29 heavy (non-hydrogen) atoms. The van der Waals surface area contributed by atoms with E-state index in [1.54, 1.807) is 12.1 Å². The third-order valence-corrected chi connectivity index (χ3v) is 5.46. The van der Waals surface area contributed by atoms with E-state index in [1.165, 1.54) is 6.07 Å². The molecule has 1 N–H and O–H groups in total. The molecule has 0 aliphatic carbocycles. The minimum Gasteiger partial charge on any atom is -0.336 e. The lowest BCUT2D eigenvalue weighted by molar-refractivity contribution is 0.630. The first kappa shape index (κ1) is 17.8. The number of imidazole rings is 1. The summed E-state index contributed by atoms with van der Waals surface area (Å²) in [6.07, 6.45) is 0.731. The second kappa shape index (κ2) is 6.98. The molecule has 0 saturated carbocycles. The average molecular weight is 402 g/mol. The predicted molar refractivity (Wildman–Crippen MR) is 117 cm³/mol. The molecule has 0 bridgehead atoms. The number of aromatic nitrogens is 3. The first-order chi connectivity index (χ1) is 14.2. The van der Waals surface area contributed by atoms with Gasteiger partial charge in [0.1, 0.15) is 17.2 Å². The molecule has 5 aromatic rings. The van der Waals surface area contributed by atoms with Crippen molar-refractivity contribution in [1.29, 1.82) is 0 Å². The van der Waals surface area contributed by atoms with Crippen LogP contribution in [0.5, 0.6) is 0 Å². The van der Waals surface area contributed by atoms with E-state index in [4.69, 9.17) is 21.6 Å². The number of hydrogen-bond acceptors (Lipinski definition) is 2. The number of halogens is 2. The lowest BCUT2D eigenvalue weighted by atomic mass is 10.0. The molecule has 0 amide bonds. The Morgan fingerprint density at radius 2 is 1.76 bits per heavy atom. The molecule has 5 heteroatoms. The monoisotopic (exact) mass is 401 g/mol. The van der Waals surface area contributed by atoms with E-state index >= 15 is 0 Å². The fourth-order valence-electron chi connectivity index (χ4n) is 3.71. The van der Waals surface area contributed by atoms with Crippen molar-refractivity contribution in [2.24, 2.45) is 0 Å². The first-order valence-electron chi connectivity index (χ1n) is 9.48. The molecule has 0 radical (unpaired) electrons. The standard InChI is InChI=1S/C24H17ClFN3/c1-2-19-23-22(28-24(29-23)21-17(25)9-6-10-18(21)26)16-12-11-15(13-20(16)27-19)14-7-4-3-5-8-14/h3-13H,2H2,1H3,(H,28,29). The molecule has 142 valence electrons. The Balaban J connectivity index is 1.77. The molecule has 2 heterocycles. The van der Waals surface area contributed by atoms with Crippen LogP contribution >= 0.6 is 11.6 Å². The lowest BCUT2D eigenvalue weighted by Gasteiger charge is -2.06. The van der Waals surface area contributed by atoms with Gasteiger partial charge in [0.15, 0.2) is 0 Å². The van der Waals surface area contributed by atoms with Crippen LogP contribution < -0.4 is 0 Å². The highest BCUT2D eigenvalue weighted by Gasteiger charge is 2.18. The molecule has 0 aliphatic rings. The van der Waals surface area contributed by atoms with Crippen molar-refractivity contribution in [3.8, 4) is 22.5 Å². The quantitative estimate of drug-likeness (QED) is 0.361. The second-order valence-electron chi connectivity index (χ2n) is 6.92. The molecular formula is C24H17ClFN3. The molecule has 3 nitrogen and oxygen atoms in total. The number of nitrogens with zero attached hydrogens (tertiary/aromatic N) is 2. The van der Waals surface area contributed by atoms with Crippen molar-refractivity contribution < 1.29 is 4.39 Å². The van der Waals surface area contributed by atoms with Gasteiger partial charge < -0.3 is 4.98 Å². The Bertz CT molecular complexity index is 1340. The average Bonchev–Trinajstić information content (AvgIpc) is 3.18. The van der Waals surface area contributed by atoms with E-state index in [0.29, 0.717) is 10.8 Å². The van der Waals surface area contributed by atoms with Gasteiger partial charge in [-0.05, 0) is 41.8 Å². The molecule has 0 atom stereocenters. The van der Waals surface area contributed by atoms with Crippen molar-refractivity contribution in [3.63, 3.8) is 0 Å². The van der Waals surface area contributed by atoms with Crippen molar-refractivity contribution in [2.45, 2.75) is 13.3 Å². The number of pyridine rings is 1. The fourth-order valence-corrected chi connectivity index (χ4v) is 3.96. The van der Waals surface area contributed by atoms with Gasteiger partial charge in [0.2, 0.25) is 0 Å². The summed E-state index contributed by atoms with van der Waals surface area (Å²) < 4.78 is 14.4. The summed E-state index contributed by atoms with van der Waals surface area (Å²) in [5.74, 6) is 0.0115. The Kier molecular flexibility index (Phi) is 4.29. The molecule has 0 unspecified atom stereocenters. The maximum atomic E-state index is 14.4. The smallest absolute Gasteiger partial charge is 0.143 e. The van der Waals surface area contributed by atoms with Gasteiger partial charge in [0.25, 0.3) is 0 Å². The van der Waals surface area contributed by atoms with Gasteiger partial charge in [-0.2, -0.15) is 0 Å². The minimum absolute atomic E-state index is 0.279. The molecule has 3 aromatic carbocycles. The zero-order valence-electron chi connectivity index (χ0n) is 15.7. The maximum absolute atomic E-state index is 14.4. The van der Waals surface area contributed by atoms with Crippen LogP contribution in [0.4, 0.5) is 4.39 Å². The maximum Gasteiger partial charge on any atom is 0.143 e. The third-order valence-electron chi connectivity index (χ3n) is 5.14. The van der Waals surface area contributed by atoms with E-state index < -0.39 is 5.82 Å². The highest BCUT2D eigenvalue weighted by molar-refractivity contribution is 6.33. The molecule has 0 saturated heterocycles. The normalized spacial score (nSPS) is 11.4. The number of fused-ring (bicyclic) bond motifs is 3. The zero-order chi connectivity index (χ0) is 20.0. The summed E-state index contributed by atoms with van der Waals surface area (Å²) in [4.78, 5) is 12.8. The number of nitrogens with one attached hydrogen (secondary N) is 1. The summed E-state index contributed by atoms with van der Waals surface area (Å²) in [5, 5.41) is 1.25. The van der Waals surface area contributed by atoms with Gasteiger partial charge in [-0.25, -0.2) is 9.37 Å². The van der Waals surface area contributed by atoms with Crippen LogP contribution in [0.2, 0.25) is 5.02 Å². The highest BCUT2D eigenvalue weighted by Crippen LogP contribution is 2.34. The zero-order valence-corrected chi connectivity index (χ0v) is 16.5. The number of hydrogen-bond donors (Lipinski definition) is 1. The van der Waals surface area contributed by atoms with Crippen LogP contribution in [0.3, 0.4) is 0 Å². The largest absolute Gasteiger partial charge is 0.336 e. The third kappa shape index (κ3) is 2.97. The number of rotatable bonds is 3. The molecule has 5 rings (SSSR count). The molecular weight excluding hydrogens is 385 g/mol.